The standard InChI is InChI=1S/C27H28ClN3O/c1-20-14-16-21(17-15-20)19-31-25-12-7-6-11-24(25)30-26(31)13-3-2-8-18-29-27(32)22-9-4-5-10-23(22)28/h4-7,9-12,14-17H,2-3,8,13,18-19H2,1H3,(H,29,32). The molecule has 4 nitrogen and oxygen atoms in total. The molecule has 1 aromatic heterocycles. The summed E-state index contributed by atoms with van der Waals surface area (Å²) in [7, 11) is 0. The van der Waals surface area contributed by atoms with Gasteiger partial charge in [-0.3, -0.25) is 4.79 Å². The van der Waals surface area contributed by atoms with Crippen LogP contribution in [-0.2, 0) is 13.0 Å². The van der Waals surface area contributed by atoms with Crippen molar-refractivity contribution in [3.05, 3.63) is 100 Å². The van der Waals surface area contributed by atoms with Gasteiger partial charge in [-0.25, -0.2) is 4.98 Å². The molecule has 1 N–H and O–H groups in total. The topological polar surface area (TPSA) is 46.9 Å². The van der Waals surface area contributed by atoms with Gasteiger partial charge in [0.05, 0.1) is 21.6 Å². The van der Waals surface area contributed by atoms with Crippen LogP contribution in [0.5, 0.6) is 0 Å². The molecule has 0 saturated heterocycles. The van der Waals surface area contributed by atoms with Gasteiger partial charge in [0.1, 0.15) is 5.82 Å². The van der Waals surface area contributed by atoms with Crippen LogP contribution < -0.4 is 5.32 Å². The zero-order valence-electron chi connectivity index (χ0n) is 18.4. The normalized spacial score (nSPS) is 11.1. The van der Waals surface area contributed by atoms with Gasteiger partial charge in [0.25, 0.3) is 5.91 Å². The van der Waals surface area contributed by atoms with E-state index in [4.69, 9.17) is 16.6 Å². The van der Waals surface area contributed by atoms with Crippen LogP contribution in [0.4, 0.5) is 0 Å². The van der Waals surface area contributed by atoms with E-state index in [1.165, 1.54) is 16.6 Å². The SMILES string of the molecule is Cc1ccc(Cn2c(CCCCCNC(=O)c3ccccc3Cl)nc3ccccc32)cc1. The number of aryl methyl sites for hydroxylation is 2. The number of hydrogen-bond acceptors (Lipinski definition) is 2. The highest BCUT2D eigenvalue weighted by atomic mass is 35.5. The lowest BCUT2D eigenvalue weighted by Gasteiger charge is -2.10. The van der Waals surface area contributed by atoms with E-state index < -0.39 is 0 Å². The molecule has 32 heavy (non-hydrogen) atoms. The molecule has 164 valence electrons. The number of fused-ring (bicyclic) bond motifs is 1. The number of nitrogens with one attached hydrogen (secondary N) is 1. The summed E-state index contributed by atoms with van der Waals surface area (Å²) in [6.07, 6.45) is 3.89. The van der Waals surface area contributed by atoms with Gasteiger partial charge in [-0.1, -0.05) is 72.1 Å². The Morgan fingerprint density at radius 2 is 1.69 bits per heavy atom. The Morgan fingerprint density at radius 1 is 0.938 bits per heavy atom. The average Bonchev–Trinajstić information content (AvgIpc) is 3.15. The molecule has 0 unspecified atom stereocenters. The molecule has 0 saturated carbocycles. The maximum absolute atomic E-state index is 12.2. The molecule has 0 aliphatic rings. The highest BCUT2D eigenvalue weighted by molar-refractivity contribution is 6.33. The molecular formula is C27H28ClN3O. The van der Waals surface area contributed by atoms with Gasteiger partial charge < -0.3 is 9.88 Å². The van der Waals surface area contributed by atoms with Gasteiger partial charge in [-0.15, -0.1) is 0 Å². The Morgan fingerprint density at radius 3 is 2.50 bits per heavy atom. The molecule has 0 bridgehead atoms. The number of nitrogens with zero attached hydrogens (tertiary/aromatic N) is 2. The van der Waals surface area contributed by atoms with Gasteiger partial charge in [-0.05, 0) is 49.6 Å². The molecule has 0 aliphatic carbocycles. The van der Waals surface area contributed by atoms with Crippen LogP contribution in [0, 0.1) is 6.92 Å². The molecule has 1 amide bonds. The predicted molar refractivity (Wildman–Crippen MR) is 131 cm³/mol. The molecule has 0 radical (unpaired) electrons. The molecular weight excluding hydrogens is 418 g/mol. The Bertz CT molecular complexity index is 1200. The Labute approximate surface area is 194 Å². The minimum Gasteiger partial charge on any atom is -0.352 e. The van der Waals surface area contributed by atoms with Crippen LogP contribution in [0.15, 0.2) is 72.8 Å². The molecule has 0 aliphatic heterocycles. The van der Waals surface area contributed by atoms with Gasteiger partial charge >= 0.3 is 0 Å². The number of amides is 1. The summed E-state index contributed by atoms with van der Waals surface area (Å²) in [5.41, 5.74) is 5.30. The zero-order chi connectivity index (χ0) is 22.3. The molecule has 4 rings (SSSR count). The Kier molecular flexibility index (Phi) is 7.23. The lowest BCUT2D eigenvalue weighted by Crippen LogP contribution is -2.24. The predicted octanol–water partition coefficient (Wildman–Crippen LogP) is 6.19. The number of halogens is 1. The first-order valence-corrected chi connectivity index (χ1v) is 11.5. The van der Waals surface area contributed by atoms with Crippen LogP contribution >= 0.6 is 11.6 Å². The van der Waals surface area contributed by atoms with E-state index in [0.717, 1.165) is 43.6 Å². The first-order valence-electron chi connectivity index (χ1n) is 11.1. The van der Waals surface area contributed by atoms with Crippen LogP contribution in [0.3, 0.4) is 0 Å². The molecule has 0 spiro atoms. The number of para-hydroxylation sites is 2. The maximum atomic E-state index is 12.2. The largest absolute Gasteiger partial charge is 0.352 e. The lowest BCUT2D eigenvalue weighted by molar-refractivity contribution is 0.0953. The average molecular weight is 446 g/mol. The number of hydrogen-bond donors (Lipinski definition) is 1. The van der Waals surface area contributed by atoms with E-state index in [9.17, 15) is 4.79 Å². The number of aromatic nitrogens is 2. The van der Waals surface area contributed by atoms with Crippen molar-refractivity contribution in [3.63, 3.8) is 0 Å². The van der Waals surface area contributed by atoms with Crippen LogP contribution in [0.2, 0.25) is 5.02 Å². The van der Waals surface area contributed by atoms with Gasteiger partial charge in [0.15, 0.2) is 0 Å². The third-order valence-electron chi connectivity index (χ3n) is 5.68. The second kappa shape index (κ2) is 10.5. The van der Waals surface area contributed by atoms with E-state index in [1.54, 1.807) is 12.1 Å². The minimum absolute atomic E-state index is 0.115. The van der Waals surface area contributed by atoms with Crippen molar-refractivity contribution < 1.29 is 4.79 Å². The Hall–Kier alpha value is -3.11. The fourth-order valence-corrected chi connectivity index (χ4v) is 4.12. The number of unbranched alkanes of at least 4 members (excludes halogenated alkanes) is 2. The van der Waals surface area contributed by atoms with E-state index in [1.807, 2.05) is 18.2 Å². The summed E-state index contributed by atoms with van der Waals surface area (Å²) in [6, 6.07) is 24.2. The van der Waals surface area contributed by atoms with E-state index in [0.29, 0.717) is 17.1 Å². The number of benzene rings is 3. The van der Waals surface area contributed by atoms with Gasteiger partial charge in [0, 0.05) is 19.5 Å². The van der Waals surface area contributed by atoms with Crippen molar-refractivity contribution in [1.29, 1.82) is 0 Å². The smallest absolute Gasteiger partial charge is 0.252 e. The molecule has 0 atom stereocenters. The quantitative estimate of drug-likeness (QED) is 0.312. The van der Waals surface area contributed by atoms with E-state index in [-0.39, 0.29) is 5.91 Å². The fourth-order valence-electron chi connectivity index (χ4n) is 3.90. The highest BCUT2D eigenvalue weighted by Gasteiger charge is 2.11. The van der Waals surface area contributed by atoms with Crippen molar-refractivity contribution >= 4 is 28.5 Å². The number of imidazole rings is 1. The first-order chi connectivity index (χ1) is 15.6. The third kappa shape index (κ3) is 5.38. The fraction of sp³-hybridized carbons (Fsp3) is 0.259. The molecule has 1 heterocycles. The maximum Gasteiger partial charge on any atom is 0.252 e. The first kappa shape index (κ1) is 22.1. The van der Waals surface area contributed by atoms with Gasteiger partial charge in [-0.2, -0.15) is 0 Å². The van der Waals surface area contributed by atoms with Crippen LogP contribution in [0.1, 0.15) is 46.6 Å². The number of carbonyl (C=O) groups is 1. The van der Waals surface area contributed by atoms with Crippen molar-refractivity contribution in [2.24, 2.45) is 0 Å². The zero-order valence-corrected chi connectivity index (χ0v) is 19.1. The summed E-state index contributed by atoms with van der Waals surface area (Å²) >= 11 is 6.09. The summed E-state index contributed by atoms with van der Waals surface area (Å²) in [4.78, 5) is 17.1. The van der Waals surface area contributed by atoms with E-state index in [2.05, 4.69) is 59.3 Å². The second-order valence-corrected chi connectivity index (χ2v) is 8.54. The van der Waals surface area contributed by atoms with Crippen molar-refractivity contribution in [2.75, 3.05) is 6.54 Å². The summed E-state index contributed by atoms with van der Waals surface area (Å²) in [6.45, 7) is 3.58. The lowest BCUT2D eigenvalue weighted by atomic mass is 10.1. The second-order valence-electron chi connectivity index (χ2n) is 8.13. The molecule has 3 aromatic carbocycles. The number of rotatable bonds is 9. The summed E-state index contributed by atoms with van der Waals surface area (Å²) < 4.78 is 2.33. The minimum atomic E-state index is -0.115. The van der Waals surface area contributed by atoms with Crippen LogP contribution in [-0.4, -0.2) is 22.0 Å². The van der Waals surface area contributed by atoms with Crippen molar-refractivity contribution in [2.45, 2.75) is 39.2 Å². The van der Waals surface area contributed by atoms with E-state index >= 15 is 0 Å². The van der Waals surface area contributed by atoms with Crippen molar-refractivity contribution in [3.8, 4) is 0 Å². The molecule has 4 aromatic rings. The van der Waals surface area contributed by atoms with Crippen molar-refractivity contribution in [1.82, 2.24) is 14.9 Å². The number of carbonyl (C=O) groups excluding carboxylic acids is 1. The summed E-state index contributed by atoms with van der Waals surface area (Å²) in [5.74, 6) is 1.00. The monoisotopic (exact) mass is 445 g/mol. The molecule has 0 fully saturated rings. The molecule has 5 heteroatoms. The Balaban J connectivity index is 1.32. The summed E-state index contributed by atoms with van der Waals surface area (Å²) in [5, 5.41) is 3.45. The third-order valence-corrected chi connectivity index (χ3v) is 6.01. The highest BCUT2D eigenvalue weighted by Crippen LogP contribution is 2.20. The van der Waals surface area contributed by atoms with Gasteiger partial charge in [0.2, 0.25) is 0 Å². The van der Waals surface area contributed by atoms with Crippen LogP contribution in [0.25, 0.3) is 11.0 Å².